The van der Waals surface area contributed by atoms with Crippen molar-refractivity contribution < 1.29 is 4.39 Å². The normalized spacial score (nSPS) is 19.7. The predicted molar refractivity (Wildman–Crippen MR) is 113 cm³/mol. The van der Waals surface area contributed by atoms with E-state index in [1.807, 2.05) is 19.1 Å². The summed E-state index contributed by atoms with van der Waals surface area (Å²) in [5, 5.41) is 0. The van der Waals surface area contributed by atoms with Crippen LogP contribution in [0.3, 0.4) is 0 Å². The molecule has 1 fully saturated rings. The van der Waals surface area contributed by atoms with Crippen LogP contribution in [0.25, 0.3) is 6.08 Å². The fraction of sp³-hybridized carbons (Fsp3) is 0.385. The van der Waals surface area contributed by atoms with Crippen LogP contribution in [0.5, 0.6) is 0 Å². The third-order valence-corrected chi connectivity index (χ3v) is 5.62. The highest BCUT2D eigenvalue weighted by molar-refractivity contribution is 5.53. The highest BCUT2D eigenvalue weighted by Gasteiger charge is 2.21. The van der Waals surface area contributed by atoms with Crippen molar-refractivity contribution >= 4 is 6.08 Å². The fourth-order valence-electron chi connectivity index (χ4n) is 4.10. The van der Waals surface area contributed by atoms with Gasteiger partial charge in [0.1, 0.15) is 5.82 Å². The Morgan fingerprint density at radius 3 is 2.26 bits per heavy atom. The molecule has 0 nitrogen and oxygen atoms in total. The number of allylic oxidation sites excluding steroid dienone is 1. The molecule has 2 aromatic carbocycles. The van der Waals surface area contributed by atoms with Crippen molar-refractivity contribution in [3.8, 4) is 11.8 Å². The summed E-state index contributed by atoms with van der Waals surface area (Å²) in [4.78, 5) is 0. The molecule has 1 saturated carbocycles. The molecule has 3 rings (SSSR count). The van der Waals surface area contributed by atoms with E-state index in [1.165, 1.54) is 50.2 Å². The lowest BCUT2D eigenvalue weighted by Gasteiger charge is -2.28. The van der Waals surface area contributed by atoms with Crippen molar-refractivity contribution in [2.75, 3.05) is 0 Å². The van der Waals surface area contributed by atoms with Crippen LogP contribution in [0.4, 0.5) is 4.39 Å². The average molecular weight is 361 g/mol. The first-order chi connectivity index (χ1) is 13.2. The maximum absolute atomic E-state index is 14.0. The van der Waals surface area contributed by atoms with Gasteiger partial charge < -0.3 is 0 Å². The Bertz CT molecular complexity index is 825. The topological polar surface area (TPSA) is 0 Å². The molecule has 0 amide bonds. The van der Waals surface area contributed by atoms with E-state index >= 15 is 0 Å². The smallest absolute Gasteiger partial charge is 0.131 e. The first kappa shape index (κ1) is 19.4. The van der Waals surface area contributed by atoms with Crippen molar-refractivity contribution in [2.45, 2.75) is 58.3 Å². The van der Waals surface area contributed by atoms with Gasteiger partial charge >= 0.3 is 0 Å². The van der Waals surface area contributed by atoms with Gasteiger partial charge in [-0.3, -0.25) is 0 Å². The van der Waals surface area contributed by atoms with Crippen molar-refractivity contribution in [3.63, 3.8) is 0 Å². The predicted octanol–water partition coefficient (Wildman–Crippen LogP) is 7.33. The first-order valence-electron chi connectivity index (χ1n) is 10.2. The van der Waals surface area contributed by atoms with Gasteiger partial charge in [0.25, 0.3) is 0 Å². The summed E-state index contributed by atoms with van der Waals surface area (Å²) < 4.78 is 14.0. The number of rotatable bonds is 4. The second-order valence-electron chi connectivity index (χ2n) is 7.61. The summed E-state index contributed by atoms with van der Waals surface area (Å²) in [6.07, 6.45) is 11.7. The number of halogens is 1. The molecule has 0 aromatic heterocycles. The second-order valence-corrected chi connectivity index (χ2v) is 7.61. The molecule has 0 bridgehead atoms. The zero-order valence-electron chi connectivity index (χ0n) is 16.5. The summed E-state index contributed by atoms with van der Waals surface area (Å²) in [7, 11) is 0. The standard InChI is InChI=1S/C26H29F/c1-3-5-20-9-14-23(15-10-20)24-16-11-21(12-17-24)7-8-22-13-18-25(6-4-2)26(27)19-22/h4,6,11-13,16-20,23H,3,5,9-10,14-15H2,1-2H3/b6-4+. The van der Waals surface area contributed by atoms with E-state index in [0.717, 1.165) is 11.5 Å². The van der Waals surface area contributed by atoms with E-state index in [0.29, 0.717) is 17.0 Å². The van der Waals surface area contributed by atoms with Crippen molar-refractivity contribution in [1.82, 2.24) is 0 Å². The molecule has 27 heavy (non-hydrogen) atoms. The zero-order chi connectivity index (χ0) is 19.1. The molecule has 0 unspecified atom stereocenters. The van der Waals surface area contributed by atoms with Crippen LogP contribution in [0.15, 0.2) is 48.5 Å². The highest BCUT2D eigenvalue weighted by Crippen LogP contribution is 2.37. The minimum absolute atomic E-state index is 0.228. The monoisotopic (exact) mass is 360 g/mol. The van der Waals surface area contributed by atoms with Crippen LogP contribution in [-0.2, 0) is 0 Å². The maximum Gasteiger partial charge on any atom is 0.131 e. The van der Waals surface area contributed by atoms with Gasteiger partial charge in [-0.15, -0.1) is 0 Å². The van der Waals surface area contributed by atoms with Crippen LogP contribution < -0.4 is 0 Å². The zero-order valence-corrected chi connectivity index (χ0v) is 16.5. The number of hydrogen-bond donors (Lipinski definition) is 0. The minimum atomic E-state index is -0.228. The van der Waals surface area contributed by atoms with E-state index < -0.39 is 0 Å². The number of benzene rings is 2. The van der Waals surface area contributed by atoms with Crippen molar-refractivity contribution in [3.05, 3.63) is 76.6 Å². The van der Waals surface area contributed by atoms with E-state index in [9.17, 15) is 4.39 Å². The molecule has 0 heterocycles. The summed E-state index contributed by atoms with van der Waals surface area (Å²) in [5.41, 5.74) is 3.73. The van der Waals surface area contributed by atoms with Gasteiger partial charge in [-0.2, -0.15) is 0 Å². The van der Waals surface area contributed by atoms with Gasteiger partial charge in [-0.05, 0) is 74.3 Å². The Morgan fingerprint density at radius 1 is 0.963 bits per heavy atom. The van der Waals surface area contributed by atoms with Gasteiger partial charge in [0.15, 0.2) is 0 Å². The summed E-state index contributed by atoms with van der Waals surface area (Å²) in [5.74, 6) is 7.65. The van der Waals surface area contributed by atoms with Gasteiger partial charge in [-0.25, -0.2) is 4.39 Å². The molecular formula is C26H29F. The van der Waals surface area contributed by atoms with Crippen LogP contribution in [0, 0.1) is 23.6 Å². The first-order valence-corrected chi connectivity index (χ1v) is 10.2. The maximum atomic E-state index is 14.0. The molecule has 1 aliphatic rings. The lowest BCUT2D eigenvalue weighted by molar-refractivity contribution is 0.308. The lowest BCUT2D eigenvalue weighted by atomic mass is 9.77. The SMILES string of the molecule is C/C=C/c1ccc(C#Cc2ccc(C3CCC(CCC)CC3)cc2)cc1F. The lowest BCUT2D eigenvalue weighted by Crippen LogP contribution is -2.13. The molecule has 1 aliphatic carbocycles. The van der Waals surface area contributed by atoms with Gasteiger partial charge in [0.05, 0.1) is 0 Å². The largest absolute Gasteiger partial charge is 0.206 e. The summed E-state index contributed by atoms with van der Waals surface area (Å²) in [6.45, 7) is 4.17. The molecule has 1 heteroatoms. The second kappa shape index (κ2) is 9.56. The number of hydrogen-bond acceptors (Lipinski definition) is 0. The molecule has 2 aromatic rings. The highest BCUT2D eigenvalue weighted by atomic mass is 19.1. The van der Waals surface area contributed by atoms with Crippen LogP contribution in [0.1, 0.15) is 80.5 Å². The minimum Gasteiger partial charge on any atom is -0.206 e. The molecule has 0 radical (unpaired) electrons. The van der Waals surface area contributed by atoms with E-state index in [1.54, 1.807) is 12.1 Å². The van der Waals surface area contributed by atoms with Gasteiger partial charge in [0, 0.05) is 16.7 Å². The fourth-order valence-corrected chi connectivity index (χ4v) is 4.10. The molecule has 0 aliphatic heterocycles. The molecule has 0 saturated heterocycles. The molecule has 0 spiro atoms. The average Bonchev–Trinajstić information content (AvgIpc) is 2.70. The molecular weight excluding hydrogens is 331 g/mol. The Labute approximate surface area is 163 Å². The Morgan fingerprint density at radius 2 is 1.63 bits per heavy atom. The van der Waals surface area contributed by atoms with Gasteiger partial charge in [0.2, 0.25) is 0 Å². The molecule has 0 N–H and O–H groups in total. The van der Waals surface area contributed by atoms with Crippen LogP contribution in [-0.4, -0.2) is 0 Å². The Hall–Kier alpha value is -2.33. The van der Waals surface area contributed by atoms with Gasteiger partial charge in [-0.1, -0.05) is 62.0 Å². The van der Waals surface area contributed by atoms with Crippen LogP contribution in [0.2, 0.25) is 0 Å². The molecule has 140 valence electrons. The van der Waals surface area contributed by atoms with E-state index in [2.05, 4.69) is 43.0 Å². The molecule has 0 atom stereocenters. The van der Waals surface area contributed by atoms with E-state index in [-0.39, 0.29) is 5.82 Å². The Kier molecular flexibility index (Phi) is 6.88. The Balaban J connectivity index is 1.63. The van der Waals surface area contributed by atoms with Crippen LogP contribution >= 0.6 is 0 Å². The van der Waals surface area contributed by atoms with E-state index in [4.69, 9.17) is 0 Å². The third-order valence-electron chi connectivity index (χ3n) is 5.62. The van der Waals surface area contributed by atoms with Crippen molar-refractivity contribution in [1.29, 1.82) is 0 Å². The quantitative estimate of drug-likeness (QED) is 0.501. The summed E-state index contributed by atoms with van der Waals surface area (Å²) in [6, 6.07) is 13.8. The summed E-state index contributed by atoms with van der Waals surface area (Å²) >= 11 is 0. The third kappa shape index (κ3) is 5.33. The van der Waals surface area contributed by atoms with Crippen molar-refractivity contribution in [2.24, 2.45) is 5.92 Å².